The average Bonchev–Trinajstić information content (AvgIpc) is 3.06. The van der Waals surface area contributed by atoms with E-state index in [0.717, 1.165) is 31.4 Å². The Hall–Kier alpha value is -1.12. The minimum absolute atomic E-state index is 0.281. The number of fused-ring (bicyclic) bond motifs is 5. The maximum atomic E-state index is 8.67. The number of benzene rings is 1. The predicted molar refractivity (Wildman–Crippen MR) is 86.4 cm³/mol. The van der Waals surface area contributed by atoms with Crippen molar-refractivity contribution in [3.63, 3.8) is 0 Å². The fraction of sp³-hybridized carbons (Fsp3) is 0.462. The molecule has 7 nitrogen and oxygen atoms in total. The molecule has 22 heavy (non-hydrogen) atoms. The van der Waals surface area contributed by atoms with E-state index in [4.69, 9.17) is 15.0 Å². The van der Waals surface area contributed by atoms with Crippen molar-refractivity contribution in [2.75, 3.05) is 6.61 Å². The van der Waals surface area contributed by atoms with Crippen molar-refractivity contribution >= 4 is 42.9 Å². The van der Waals surface area contributed by atoms with Gasteiger partial charge in [0.1, 0.15) is 18.5 Å². The molecule has 1 saturated heterocycles. The van der Waals surface area contributed by atoms with Gasteiger partial charge < -0.3 is 9.47 Å². The van der Waals surface area contributed by atoms with Crippen LogP contribution in [-0.2, 0) is 16.1 Å². The molecule has 0 N–H and O–H groups in total. The minimum Gasteiger partial charge on any atom is -0.365 e. The Morgan fingerprint density at radius 3 is 3.05 bits per heavy atom. The van der Waals surface area contributed by atoms with Gasteiger partial charge in [-0.05, 0) is 40.0 Å². The van der Waals surface area contributed by atoms with Crippen LogP contribution in [0.3, 0.4) is 0 Å². The lowest BCUT2D eigenvalue weighted by Gasteiger charge is -2.29. The molecule has 2 aliphatic heterocycles. The zero-order chi connectivity index (χ0) is 15.4. The fourth-order valence-corrected chi connectivity index (χ4v) is 4.32. The lowest BCUT2D eigenvalue weighted by atomic mass is 10.1. The highest BCUT2D eigenvalue weighted by Gasteiger charge is 2.43. The van der Waals surface area contributed by atoms with E-state index in [9.17, 15) is 0 Å². The van der Waals surface area contributed by atoms with E-state index in [1.807, 2.05) is 13.0 Å². The quantitative estimate of drug-likeness (QED) is 0.391. The van der Waals surface area contributed by atoms with Crippen molar-refractivity contribution < 1.29 is 9.47 Å². The summed E-state index contributed by atoms with van der Waals surface area (Å²) in [6, 6.07) is 1.69. The molecule has 1 aromatic carbocycles. The van der Waals surface area contributed by atoms with Gasteiger partial charge in [-0.15, -0.1) is 0 Å². The Bertz CT molecular complexity index is 830. The van der Waals surface area contributed by atoms with Gasteiger partial charge in [0.25, 0.3) is 0 Å². The highest BCUT2D eigenvalue weighted by molar-refractivity contribution is 9.11. The number of nitrogens with zero attached hydrogens (tertiary/aromatic N) is 5. The normalized spacial score (nSPS) is 26.6. The second kappa shape index (κ2) is 5.21. The zero-order valence-corrected chi connectivity index (χ0v) is 14.7. The van der Waals surface area contributed by atoms with Crippen LogP contribution in [0.2, 0.25) is 0 Å². The first kappa shape index (κ1) is 14.5. The first-order valence-electron chi connectivity index (χ1n) is 6.74. The van der Waals surface area contributed by atoms with E-state index < -0.39 is 0 Å². The van der Waals surface area contributed by atoms with Crippen molar-refractivity contribution in [3.8, 4) is 0 Å². The molecule has 0 saturated carbocycles. The Labute approximate surface area is 142 Å². The summed E-state index contributed by atoms with van der Waals surface area (Å²) in [5.41, 5.74) is 11.6. The number of ether oxygens (including phenoxy) is 2. The number of imidazole rings is 1. The largest absolute Gasteiger partial charge is 0.365 e. The van der Waals surface area contributed by atoms with Crippen molar-refractivity contribution in [1.82, 2.24) is 9.55 Å². The zero-order valence-electron chi connectivity index (χ0n) is 11.5. The van der Waals surface area contributed by atoms with Gasteiger partial charge in [-0.3, -0.25) is 4.57 Å². The van der Waals surface area contributed by atoms with E-state index in [2.05, 4.69) is 51.4 Å². The van der Waals surface area contributed by atoms with Gasteiger partial charge in [0.2, 0.25) is 0 Å². The maximum Gasteiger partial charge on any atom is 0.162 e. The van der Waals surface area contributed by atoms with Crippen molar-refractivity contribution in [2.24, 2.45) is 5.11 Å². The monoisotopic (exact) mass is 427 g/mol. The molecule has 0 bridgehead atoms. The third-order valence-corrected chi connectivity index (χ3v) is 5.92. The maximum absolute atomic E-state index is 8.67. The van der Waals surface area contributed by atoms with Gasteiger partial charge in [-0.25, -0.2) is 4.98 Å². The molecule has 2 aliphatic rings. The smallest absolute Gasteiger partial charge is 0.162 e. The molecule has 1 unspecified atom stereocenters. The molecule has 3 atom stereocenters. The molecular weight excluding hydrogens is 418 g/mol. The van der Waals surface area contributed by atoms with Crippen LogP contribution in [0.15, 0.2) is 20.1 Å². The predicted octanol–water partition coefficient (Wildman–Crippen LogP) is 3.98. The lowest BCUT2D eigenvalue weighted by molar-refractivity contribution is -0.0819. The molecule has 114 valence electrons. The summed E-state index contributed by atoms with van der Waals surface area (Å²) in [4.78, 5) is 7.52. The molecule has 0 radical (unpaired) electrons. The summed E-state index contributed by atoms with van der Waals surface area (Å²) in [5, 5.41) is 3.78. The van der Waals surface area contributed by atoms with Gasteiger partial charge >= 0.3 is 0 Å². The van der Waals surface area contributed by atoms with Crippen LogP contribution in [0.25, 0.3) is 21.5 Å². The topological polar surface area (TPSA) is 85.0 Å². The van der Waals surface area contributed by atoms with E-state index in [1.165, 1.54) is 0 Å². The average molecular weight is 429 g/mol. The number of hydrogen-bond acceptors (Lipinski definition) is 4. The molecule has 4 rings (SSSR count). The molecule has 1 fully saturated rings. The van der Waals surface area contributed by atoms with E-state index in [0.29, 0.717) is 13.2 Å². The summed E-state index contributed by atoms with van der Waals surface area (Å²) in [6.45, 7) is 2.76. The van der Waals surface area contributed by atoms with Crippen molar-refractivity contribution in [1.29, 1.82) is 0 Å². The molecular formula is C13H11Br2N5O2. The molecule has 0 spiro atoms. The number of hydrogen-bond donors (Lipinski definition) is 0. The molecule has 2 aromatic rings. The highest BCUT2D eigenvalue weighted by atomic mass is 79.9. The number of aromatic nitrogens is 2. The van der Waals surface area contributed by atoms with Crippen LogP contribution >= 0.6 is 31.9 Å². The van der Waals surface area contributed by atoms with Gasteiger partial charge in [-0.2, -0.15) is 0 Å². The van der Waals surface area contributed by atoms with Gasteiger partial charge in [0.05, 0.1) is 23.7 Å². The molecule has 9 heteroatoms. The van der Waals surface area contributed by atoms with E-state index in [-0.39, 0.29) is 18.4 Å². The van der Waals surface area contributed by atoms with Crippen molar-refractivity contribution in [3.05, 3.63) is 36.8 Å². The summed E-state index contributed by atoms with van der Waals surface area (Å²) in [7, 11) is 0. The number of halogens is 2. The number of azide groups is 1. The SMILES string of the molecule is Cc1c(Br)cc2nc3n(c2c1Br)[C@H]1OCC(N=[N+]=[N-])[C@H]1OC3. The van der Waals surface area contributed by atoms with Crippen LogP contribution in [0.4, 0.5) is 0 Å². The summed E-state index contributed by atoms with van der Waals surface area (Å²) in [6.07, 6.45) is -0.599. The van der Waals surface area contributed by atoms with Crippen molar-refractivity contribution in [2.45, 2.75) is 31.9 Å². The van der Waals surface area contributed by atoms with Crippen LogP contribution < -0.4 is 0 Å². The summed E-state index contributed by atoms with van der Waals surface area (Å²) >= 11 is 7.21. The van der Waals surface area contributed by atoms with Crippen LogP contribution in [-0.4, -0.2) is 28.3 Å². The lowest BCUT2D eigenvalue weighted by Crippen LogP contribution is -2.35. The molecule has 0 amide bonds. The second-order valence-electron chi connectivity index (χ2n) is 5.33. The second-order valence-corrected chi connectivity index (χ2v) is 6.98. The molecule has 1 aromatic heterocycles. The van der Waals surface area contributed by atoms with Crippen LogP contribution in [0.1, 0.15) is 17.6 Å². The highest BCUT2D eigenvalue weighted by Crippen LogP contribution is 2.41. The Morgan fingerprint density at radius 2 is 2.27 bits per heavy atom. The minimum atomic E-state index is -0.318. The Kier molecular flexibility index (Phi) is 3.43. The van der Waals surface area contributed by atoms with Gasteiger partial charge in [0, 0.05) is 13.9 Å². The summed E-state index contributed by atoms with van der Waals surface area (Å²) in [5.74, 6) is 0.816. The molecule has 3 heterocycles. The van der Waals surface area contributed by atoms with Crippen LogP contribution in [0.5, 0.6) is 0 Å². The third-order valence-electron chi connectivity index (χ3n) is 4.13. The first-order valence-corrected chi connectivity index (χ1v) is 8.33. The van der Waals surface area contributed by atoms with Crippen LogP contribution in [0, 0.1) is 6.92 Å². The Morgan fingerprint density at radius 1 is 1.45 bits per heavy atom. The van der Waals surface area contributed by atoms with Gasteiger partial charge in [0.15, 0.2) is 6.23 Å². The number of rotatable bonds is 1. The van der Waals surface area contributed by atoms with Gasteiger partial charge in [-0.1, -0.05) is 21.0 Å². The van der Waals surface area contributed by atoms with E-state index >= 15 is 0 Å². The standard InChI is InChI=1S/C13H11Br2N5O2/c1-5-6(14)2-7-11(10(5)15)20-9(17-7)4-21-12-8(18-19-16)3-22-13(12)20/h2,8,12-13H,3-4H2,1H3/t8?,12-,13+/m1/s1. The fourth-order valence-electron chi connectivity index (χ4n) is 3.03. The summed E-state index contributed by atoms with van der Waals surface area (Å²) < 4.78 is 15.7. The molecule has 0 aliphatic carbocycles. The Balaban J connectivity index is 1.92. The van der Waals surface area contributed by atoms with E-state index in [1.54, 1.807) is 0 Å². The third kappa shape index (κ3) is 1.93. The first-order chi connectivity index (χ1) is 10.6.